The van der Waals surface area contributed by atoms with Crippen molar-refractivity contribution in [3.8, 4) is 5.75 Å². The number of pyridine rings is 1. The third-order valence-corrected chi connectivity index (χ3v) is 6.95. The van der Waals surface area contributed by atoms with Gasteiger partial charge in [-0.2, -0.15) is 0 Å². The van der Waals surface area contributed by atoms with Crippen LogP contribution in [-0.4, -0.2) is 72.7 Å². The maximum absolute atomic E-state index is 11.6. The van der Waals surface area contributed by atoms with Gasteiger partial charge in [0, 0.05) is 45.4 Å². The summed E-state index contributed by atoms with van der Waals surface area (Å²) in [5.41, 5.74) is 4.37. The lowest BCUT2D eigenvalue weighted by Crippen LogP contribution is -2.29. The fraction of sp³-hybridized carbons (Fsp3) is 0.370. The van der Waals surface area contributed by atoms with Gasteiger partial charge >= 0.3 is 0 Å². The molecule has 0 radical (unpaired) electrons. The molecule has 3 aromatic rings. The van der Waals surface area contributed by atoms with E-state index in [2.05, 4.69) is 65.7 Å². The van der Waals surface area contributed by atoms with Crippen LogP contribution in [0.4, 0.5) is 39.9 Å². The van der Waals surface area contributed by atoms with Crippen molar-refractivity contribution >= 4 is 62.4 Å². The topological polar surface area (TPSA) is 102 Å². The van der Waals surface area contributed by atoms with E-state index in [1.54, 1.807) is 31.4 Å². The van der Waals surface area contributed by atoms with Crippen LogP contribution in [0, 0.1) is 0 Å². The number of ether oxygens (including phenoxy) is 1. The molecule has 0 saturated carbocycles. The second kappa shape index (κ2) is 13.6. The number of rotatable bonds is 13. The minimum atomic E-state index is -2.80. The number of methoxy groups -OCH3 is 1. The Bertz CT molecular complexity index is 1340. The smallest absolute Gasteiger partial charge is 0.224 e. The van der Waals surface area contributed by atoms with Crippen molar-refractivity contribution in [2.75, 3.05) is 73.5 Å². The first-order valence-electron chi connectivity index (χ1n) is 12.5. The van der Waals surface area contributed by atoms with Gasteiger partial charge < -0.3 is 30.5 Å². The van der Waals surface area contributed by atoms with Gasteiger partial charge in [0.2, 0.25) is 10.9 Å². The van der Waals surface area contributed by atoms with Gasteiger partial charge in [-0.05, 0) is 46.1 Å². The molecule has 0 aliphatic carbocycles. The number of aromatic nitrogens is 1. The number of hydrogen-bond donors (Lipinski definition) is 4. The molecule has 3 rings (SSSR count). The Balaban J connectivity index is 1.96. The SMILES string of the molecule is COc1cc(N(C)CCN(C)C)c(NC(C)C)cc1Nc1cc(Nc2ccccc2N(C)[SH](=O)=O)c(Cl)cn1. The Morgan fingerprint density at radius 2 is 1.64 bits per heavy atom. The highest BCUT2D eigenvalue weighted by Crippen LogP contribution is 2.39. The fourth-order valence-corrected chi connectivity index (χ4v) is 4.38. The molecule has 0 unspecified atom stereocenters. The molecule has 10 nitrogen and oxygen atoms in total. The van der Waals surface area contributed by atoms with Crippen LogP contribution in [0.15, 0.2) is 48.7 Å². The maximum Gasteiger partial charge on any atom is 0.224 e. The van der Waals surface area contributed by atoms with Crippen molar-refractivity contribution in [2.24, 2.45) is 0 Å². The zero-order valence-corrected chi connectivity index (χ0v) is 25.1. The summed E-state index contributed by atoms with van der Waals surface area (Å²) in [6.45, 7) is 5.95. The van der Waals surface area contributed by atoms with Crippen molar-refractivity contribution in [3.05, 3.63) is 53.7 Å². The number of anilines is 7. The van der Waals surface area contributed by atoms with Crippen LogP contribution in [0.3, 0.4) is 0 Å². The lowest BCUT2D eigenvalue weighted by Gasteiger charge is -2.27. The van der Waals surface area contributed by atoms with Crippen LogP contribution in [0.25, 0.3) is 0 Å². The first-order valence-corrected chi connectivity index (χ1v) is 14.0. The molecule has 0 fully saturated rings. The zero-order chi connectivity index (χ0) is 28.7. The summed E-state index contributed by atoms with van der Waals surface area (Å²) in [7, 11) is 6.50. The van der Waals surface area contributed by atoms with E-state index in [9.17, 15) is 8.42 Å². The molecule has 1 heterocycles. The van der Waals surface area contributed by atoms with Crippen molar-refractivity contribution in [1.29, 1.82) is 0 Å². The number of nitrogens with one attached hydrogen (secondary N) is 3. The minimum absolute atomic E-state index is 0.221. The number of nitrogens with zero attached hydrogens (tertiary/aromatic N) is 4. The Morgan fingerprint density at radius 1 is 0.923 bits per heavy atom. The number of benzene rings is 2. The molecule has 0 aliphatic rings. The Labute approximate surface area is 238 Å². The van der Waals surface area contributed by atoms with E-state index < -0.39 is 10.9 Å². The Morgan fingerprint density at radius 3 is 2.28 bits per heavy atom. The summed E-state index contributed by atoms with van der Waals surface area (Å²) in [5.74, 6) is 1.19. The average molecular weight is 576 g/mol. The lowest BCUT2D eigenvalue weighted by atomic mass is 10.1. The van der Waals surface area contributed by atoms with Crippen LogP contribution >= 0.6 is 11.6 Å². The Hall–Kier alpha value is -3.41. The molecule has 0 aliphatic heterocycles. The first kappa shape index (κ1) is 30.1. The van der Waals surface area contributed by atoms with Gasteiger partial charge in [0.15, 0.2) is 0 Å². The predicted molar refractivity (Wildman–Crippen MR) is 165 cm³/mol. The van der Waals surface area contributed by atoms with Crippen LogP contribution in [0.2, 0.25) is 5.02 Å². The molecule has 212 valence electrons. The second-order valence-electron chi connectivity index (χ2n) is 9.67. The van der Waals surface area contributed by atoms with Crippen LogP contribution in [0.1, 0.15) is 13.8 Å². The van der Waals surface area contributed by atoms with Gasteiger partial charge in [0.1, 0.15) is 11.6 Å². The molecule has 39 heavy (non-hydrogen) atoms. The molecular weight excluding hydrogens is 538 g/mol. The van der Waals surface area contributed by atoms with Crippen molar-refractivity contribution in [3.63, 3.8) is 0 Å². The summed E-state index contributed by atoms with van der Waals surface area (Å²) < 4.78 is 30.1. The van der Waals surface area contributed by atoms with Gasteiger partial charge in [-0.15, -0.1) is 0 Å². The maximum atomic E-state index is 11.6. The van der Waals surface area contributed by atoms with Crippen LogP contribution in [0.5, 0.6) is 5.75 Å². The number of thiol groups is 1. The fourth-order valence-electron chi connectivity index (χ4n) is 3.88. The van der Waals surface area contributed by atoms with E-state index >= 15 is 0 Å². The molecule has 0 bridgehead atoms. The lowest BCUT2D eigenvalue weighted by molar-refractivity contribution is 0.413. The number of para-hydroxylation sites is 2. The van der Waals surface area contributed by atoms with Crippen molar-refractivity contribution < 1.29 is 13.2 Å². The van der Waals surface area contributed by atoms with E-state index in [1.807, 2.05) is 18.2 Å². The van der Waals surface area contributed by atoms with Crippen LogP contribution < -0.4 is 29.9 Å². The Kier molecular flexibility index (Phi) is 10.5. The average Bonchev–Trinajstić information content (AvgIpc) is 2.88. The van der Waals surface area contributed by atoms with Gasteiger partial charge in [-0.25, -0.2) is 13.4 Å². The molecule has 0 atom stereocenters. The molecule has 2 aromatic carbocycles. The number of hydrogen-bond acceptors (Lipinski definition) is 9. The summed E-state index contributed by atoms with van der Waals surface area (Å²) in [6, 6.07) is 13.1. The highest BCUT2D eigenvalue weighted by molar-refractivity contribution is 7.74. The normalized spacial score (nSPS) is 11.2. The standard InChI is InChI=1S/C27H38ClN7O3S/c1-18(2)30-22-14-23(26(38-7)16-25(22)34(5)13-12-33(3)4)32-27-15-21(19(28)17-29-27)31-20-10-8-9-11-24(20)35(6)39(36)37/h8-11,14-18,30,39H,12-13H2,1-7H3,(H2,29,31,32). The van der Waals surface area contributed by atoms with Crippen molar-refractivity contribution in [1.82, 2.24) is 9.88 Å². The van der Waals surface area contributed by atoms with Gasteiger partial charge in [0.25, 0.3) is 0 Å². The minimum Gasteiger partial charge on any atom is -0.494 e. The number of halogens is 1. The summed E-state index contributed by atoms with van der Waals surface area (Å²) in [6.07, 6.45) is 1.54. The summed E-state index contributed by atoms with van der Waals surface area (Å²) in [4.78, 5) is 8.80. The van der Waals surface area contributed by atoms with Gasteiger partial charge in [0.05, 0.1) is 52.5 Å². The van der Waals surface area contributed by atoms with E-state index in [4.69, 9.17) is 16.3 Å². The van der Waals surface area contributed by atoms with E-state index in [-0.39, 0.29) is 6.04 Å². The highest BCUT2D eigenvalue weighted by atomic mass is 35.5. The highest BCUT2D eigenvalue weighted by Gasteiger charge is 2.17. The molecule has 0 amide bonds. The predicted octanol–water partition coefficient (Wildman–Crippen LogP) is 5.01. The summed E-state index contributed by atoms with van der Waals surface area (Å²) in [5, 5.41) is 10.5. The monoisotopic (exact) mass is 575 g/mol. The van der Waals surface area contributed by atoms with Gasteiger partial charge in [-0.1, -0.05) is 23.7 Å². The summed E-state index contributed by atoms with van der Waals surface area (Å²) >= 11 is 6.46. The van der Waals surface area contributed by atoms with E-state index in [1.165, 1.54) is 17.5 Å². The molecular formula is C27H38ClN7O3S. The number of likely N-dealkylation sites (N-methyl/N-ethyl adjacent to an activating group) is 2. The quantitative estimate of drug-likeness (QED) is 0.209. The molecule has 0 spiro atoms. The third kappa shape index (κ3) is 8.04. The largest absolute Gasteiger partial charge is 0.494 e. The van der Waals surface area contributed by atoms with Gasteiger partial charge in [-0.3, -0.25) is 4.31 Å². The molecule has 3 N–H and O–H groups in total. The van der Waals surface area contributed by atoms with Crippen molar-refractivity contribution in [2.45, 2.75) is 19.9 Å². The zero-order valence-electron chi connectivity index (χ0n) is 23.4. The molecule has 1 aromatic heterocycles. The first-order chi connectivity index (χ1) is 18.5. The van der Waals surface area contributed by atoms with Crippen LogP contribution in [-0.2, 0) is 10.9 Å². The molecule has 0 saturated heterocycles. The third-order valence-electron chi connectivity index (χ3n) is 5.94. The van der Waals surface area contributed by atoms with E-state index in [0.29, 0.717) is 33.7 Å². The second-order valence-corrected chi connectivity index (χ2v) is 11.2. The van der Waals surface area contributed by atoms with E-state index in [0.717, 1.165) is 30.2 Å². The molecule has 12 heteroatoms.